The molecule has 4 rings (SSSR count). The first-order valence-electron chi connectivity index (χ1n) is 9.35. The zero-order valence-corrected chi connectivity index (χ0v) is 16.3. The van der Waals surface area contributed by atoms with Crippen LogP contribution in [0.3, 0.4) is 0 Å². The van der Waals surface area contributed by atoms with Crippen LogP contribution in [-0.4, -0.2) is 30.0 Å². The van der Waals surface area contributed by atoms with Gasteiger partial charge in [0.15, 0.2) is 5.82 Å². The van der Waals surface area contributed by atoms with Crippen molar-refractivity contribution in [3.05, 3.63) is 70.6 Å². The van der Waals surface area contributed by atoms with E-state index >= 15 is 0 Å². The number of rotatable bonds is 3. The van der Waals surface area contributed by atoms with E-state index in [9.17, 15) is 9.18 Å². The Balaban J connectivity index is 1.45. The van der Waals surface area contributed by atoms with Crippen LogP contribution in [0.15, 0.2) is 48.7 Å². The Bertz CT molecular complexity index is 1120. The fourth-order valence-corrected chi connectivity index (χ4v) is 3.86. The van der Waals surface area contributed by atoms with Gasteiger partial charge in [-0.1, -0.05) is 17.7 Å². The number of fused-ring (bicyclic) bond motifs is 1. The predicted octanol–water partition coefficient (Wildman–Crippen LogP) is 4.30. The van der Waals surface area contributed by atoms with Crippen molar-refractivity contribution in [1.82, 2.24) is 10.3 Å². The van der Waals surface area contributed by atoms with E-state index in [1.165, 1.54) is 12.1 Å². The Morgan fingerprint density at radius 1 is 1.24 bits per heavy atom. The number of pyridine rings is 1. The minimum absolute atomic E-state index is 0.0320. The SMILES string of the molecule is N#Cc1ccc2c(N3CCC(NC(=O)c4cccc(Cl)c4F)CC3)ccnc2c1. The maximum absolute atomic E-state index is 14.1. The van der Waals surface area contributed by atoms with Crippen LogP contribution in [0.2, 0.25) is 5.02 Å². The van der Waals surface area contributed by atoms with E-state index in [1.54, 1.807) is 24.4 Å². The zero-order valence-electron chi connectivity index (χ0n) is 15.5. The summed E-state index contributed by atoms with van der Waals surface area (Å²) in [5.41, 5.74) is 2.39. The third-order valence-electron chi connectivity index (χ3n) is 5.22. The number of anilines is 1. The number of amides is 1. The van der Waals surface area contributed by atoms with Gasteiger partial charge in [-0.05, 0) is 49.2 Å². The molecule has 1 N–H and O–H groups in total. The van der Waals surface area contributed by atoms with E-state index in [1.807, 2.05) is 12.1 Å². The fraction of sp³-hybridized carbons (Fsp3) is 0.227. The Hall–Kier alpha value is -3.17. The Kier molecular flexibility index (Phi) is 5.32. The van der Waals surface area contributed by atoms with Crippen molar-refractivity contribution in [2.24, 2.45) is 0 Å². The molecule has 0 atom stereocenters. The van der Waals surface area contributed by atoms with Crippen molar-refractivity contribution in [3.8, 4) is 6.07 Å². The van der Waals surface area contributed by atoms with Crippen molar-refractivity contribution >= 4 is 34.1 Å². The van der Waals surface area contributed by atoms with E-state index in [4.69, 9.17) is 16.9 Å². The maximum atomic E-state index is 14.1. The van der Waals surface area contributed by atoms with E-state index in [2.05, 4.69) is 21.3 Å². The third kappa shape index (κ3) is 3.87. The molecule has 1 aromatic heterocycles. The van der Waals surface area contributed by atoms with Crippen LogP contribution in [-0.2, 0) is 0 Å². The lowest BCUT2D eigenvalue weighted by Gasteiger charge is -2.34. The average molecular weight is 409 g/mol. The van der Waals surface area contributed by atoms with Crippen LogP contribution in [0.1, 0.15) is 28.8 Å². The van der Waals surface area contributed by atoms with Gasteiger partial charge < -0.3 is 10.2 Å². The number of hydrogen-bond acceptors (Lipinski definition) is 4. The van der Waals surface area contributed by atoms with Gasteiger partial charge in [-0.2, -0.15) is 5.26 Å². The largest absolute Gasteiger partial charge is 0.371 e. The van der Waals surface area contributed by atoms with Gasteiger partial charge in [-0.25, -0.2) is 4.39 Å². The molecule has 2 aromatic carbocycles. The van der Waals surface area contributed by atoms with Crippen LogP contribution in [0.25, 0.3) is 10.9 Å². The number of nitriles is 1. The van der Waals surface area contributed by atoms with E-state index in [0.29, 0.717) is 5.56 Å². The quantitative estimate of drug-likeness (QED) is 0.701. The second-order valence-electron chi connectivity index (χ2n) is 7.01. The summed E-state index contributed by atoms with van der Waals surface area (Å²) in [5.74, 6) is -1.13. The molecule has 1 aliphatic rings. The summed E-state index contributed by atoms with van der Waals surface area (Å²) < 4.78 is 14.1. The molecule has 0 bridgehead atoms. The fourth-order valence-electron chi connectivity index (χ4n) is 3.69. The van der Waals surface area contributed by atoms with Gasteiger partial charge in [0.2, 0.25) is 0 Å². The molecule has 7 heteroatoms. The number of nitrogens with one attached hydrogen (secondary N) is 1. The molecule has 2 heterocycles. The molecule has 1 amide bonds. The van der Waals surface area contributed by atoms with E-state index in [0.717, 1.165) is 42.5 Å². The van der Waals surface area contributed by atoms with Crippen molar-refractivity contribution in [2.75, 3.05) is 18.0 Å². The molecule has 0 spiro atoms. The first kappa shape index (κ1) is 19.2. The summed E-state index contributed by atoms with van der Waals surface area (Å²) in [5, 5.41) is 12.9. The number of benzene rings is 2. The van der Waals surface area contributed by atoms with E-state index < -0.39 is 11.7 Å². The molecule has 1 aliphatic heterocycles. The zero-order chi connectivity index (χ0) is 20.4. The average Bonchev–Trinajstić information content (AvgIpc) is 2.75. The summed E-state index contributed by atoms with van der Waals surface area (Å²) >= 11 is 5.77. The molecule has 0 aliphatic carbocycles. The molecular formula is C22H18ClFN4O. The molecule has 0 saturated carbocycles. The molecule has 3 aromatic rings. The molecule has 29 heavy (non-hydrogen) atoms. The second kappa shape index (κ2) is 8.06. The maximum Gasteiger partial charge on any atom is 0.254 e. The molecule has 146 valence electrons. The number of halogens is 2. The van der Waals surface area contributed by atoms with Gasteiger partial charge in [0, 0.05) is 36.4 Å². The molecule has 1 fully saturated rings. The highest BCUT2D eigenvalue weighted by molar-refractivity contribution is 6.31. The Morgan fingerprint density at radius 3 is 2.79 bits per heavy atom. The van der Waals surface area contributed by atoms with Crippen LogP contribution in [0, 0.1) is 17.1 Å². The second-order valence-corrected chi connectivity index (χ2v) is 7.42. The van der Waals surface area contributed by atoms with E-state index in [-0.39, 0.29) is 16.6 Å². The number of aromatic nitrogens is 1. The lowest BCUT2D eigenvalue weighted by molar-refractivity contribution is 0.0927. The van der Waals surface area contributed by atoms with Gasteiger partial charge in [0.1, 0.15) is 0 Å². The van der Waals surface area contributed by atoms with Crippen molar-refractivity contribution in [2.45, 2.75) is 18.9 Å². The summed E-state index contributed by atoms with van der Waals surface area (Å²) in [6, 6.07) is 14.0. The Labute approximate surface area is 172 Å². The van der Waals surface area contributed by atoms with Gasteiger partial charge in [-0.3, -0.25) is 9.78 Å². The highest BCUT2D eigenvalue weighted by Gasteiger charge is 2.24. The number of piperidine rings is 1. The number of hydrogen-bond donors (Lipinski definition) is 1. The monoisotopic (exact) mass is 408 g/mol. The molecule has 0 radical (unpaired) electrons. The van der Waals surface area contributed by atoms with Crippen molar-refractivity contribution in [1.29, 1.82) is 5.26 Å². The lowest BCUT2D eigenvalue weighted by atomic mass is 10.0. The summed E-state index contributed by atoms with van der Waals surface area (Å²) in [7, 11) is 0. The minimum atomic E-state index is -0.691. The van der Waals surface area contributed by atoms with Crippen LogP contribution in [0.5, 0.6) is 0 Å². The first-order valence-corrected chi connectivity index (χ1v) is 9.73. The highest BCUT2D eigenvalue weighted by atomic mass is 35.5. The number of carbonyl (C=O) groups is 1. The van der Waals surface area contributed by atoms with Gasteiger partial charge in [0.05, 0.1) is 27.7 Å². The lowest BCUT2D eigenvalue weighted by Crippen LogP contribution is -2.45. The molecule has 0 unspecified atom stereocenters. The predicted molar refractivity (Wildman–Crippen MR) is 111 cm³/mol. The summed E-state index contributed by atoms with van der Waals surface area (Å²) in [6.07, 6.45) is 3.23. The highest BCUT2D eigenvalue weighted by Crippen LogP contribution is 2.28. The van der Waals surface area contributed by atoms with Gasteiger partial charge in [0.25, 0.3) is 5.91 Å². The standard InChI is InChI=1S/C22H18ClFN4O/c23-18-3-1-2-17(21(18)24)22(29)27-15-7-10-28(11-8-15)20-6-9-26-19-12-14(13-25)4-5-16(19)20/h1-6,9,12,15H,7-8,10-11H2,(H,27,29). The minimum Gasteiger partial charge on any atom is -0.371 e. The normalized spacial score (nSPS) is 14.6. The van der Waals surface area contributed by atoms with Crippen LogP contribution in [0.4, 0.5) is 10.1 Å². The van der Waals surface area contributed by atoms with Crippen molar-refractivity contribution < 1.29 is 9.18 Å². The summed E-state index contributed by atoms with van der Waals surface area (Å²) in [6.45, 7) is 1.50. The summed E-state index contributed by atoms with van der Waals surface area (Å²) in [4.78, 5) is 19.0. The first-order chi connectivity index (χ1) is 14.1. The molecular weight excluding hydrogens is 391 g/mol. The third-order valence-corrected chi connectivity index (χ3v) is 5.51. The molecule has 1 saturated heterocycles. The number of nitrogens with zero attached hydrogens (tertiary/aromatic N) is 3. The number of carbonyl (C=O) groups excluding carboxylic acids is 1. The van der Waals surface area contributed by atoms with Gasteiger partial charge in [-0.15, -0.1) is 0 Å². The smallest absolute Gasteiger partial charge is 0.254 e. The van der Waals surface area contributed by atoms with Crippen molar-refractivity contribution in [3.63, 3.8) is 0 Å². The van der Waals surface area contributed by atoms with Crippen LogP contribution >= 0.6 is 11.6 Å². The van der Waals surface area contributed by atoms with Gasteiger partial charge >= 0.3 is 0 Å². The molecule has 5 nitrogen and oxygen atoms in total. The van der Waals surface area contributed by atoms with Crippen LogP contribution < -0.4 is 10.2 Å². The Morgan fingerprint density at radius 2 is 2.03 bits per heavy atom. The topological polar surface area (TPSA) is 69.0 Å².